The van der Waals surface area contributed by atoms with Crippen LogP contribution >= 0.6 is 11.8 Å². The number of aliphatic hydroxyl groups is 4. The molecule has 5 nitrogen and oxygen atoms in total. The lowest BCUT2D eigenvalue weighted by Gasteiger charge is -2.37. The van der Waals surface area contributed by atoms with Gasteiger partial charge >= 0.3 is 0 Å². The maximum absolute atomic E-state index is 9.80. The molecule has 0 aromatic carbocycles. The summed E-state index contributed by atoms with van der Waals surface area (Å²) in [5.74, 6) is -0.290. The van der Waals surface area contributed by atoms with E-state index in [4.69, 9.17) is 10.2 Å². The van der Waals surface area contributed by atoms with Gasteiger partial charge in [-0.25, -0.2) is 0 Å². The highest BCUT2D eigenvalue weighted by Crippen LogP contribution is 2.39. The van der Waals surface area contributed by atoms with E-state index in [0.717, 1.165) is 0 Å². The van der Waals surface area contributed by atoms with E-state index in [-0.39, 0.29) is 30.4 Å². The van der Waals surface area contributed by atoms with Gasteiger partial charge in [-0.1, -0.05) is 0 Å². The Balaban J connectivity index is 2.12. The zero-order valence-corrected chi connectivity index (χ0v) is 8.97. The first-order valence-corrected chi connectivity index (χ1v) is 5.86. The van der Waals surface area contributed by atoms with Gasteiger partial charge in [-0.3, -0.25) is 4.99 Å². The SMILES string of the molecule is OCC1=N[C@H]2[C@@H](O)[C@H](O)[C@@H](CO)C[C@H]2S1. The number of thioether (sulfide) groups is 1. The number of hydrogen-bond donors (Lipinski definition) is 4. The number of aliphatic imine (C=N–C) groups is 1. The summed E-state index contributed by atoms with van der Waals surface area (Å²) < 4.78 is 0. The lowest BCUT2D eigenvalue weighted by atomic mass is 9.81. The molecule has 0 bridgehead atoms. The van der Waals surface area contributed by atoms with Crippen molar-refractivity contribution in [2.45, 2.75) is 29.9 Å². The Labute approximate surface area is 91.8 Å². The van der Waals surface area contributed by atoms with Gasteiger partial charge in [0.15, 0.2) is 0 Å². The second-order valence-corrected chi connectivity index (χ2v) is 5.30. The molecule has 4 N–H and O–H groups in total. The standard InChI is InChI=1S/C9H15NO4S/c11-2-4-1-5-7(9(14)8(4)13)10-6(3-12)15-5/h4-5,7-9,11-14H,1-3H2/t4-,5-,7-,8-,9-/m1/s1. The quantitative estimate of drug-likeness (QED) is 0.470. The second-order valence-electron chi connectivity index (χ2n) is 3.99. The number of rotatable bonds is 2. The van der Waals surface area contributed by atoms with Gasteiger partial charge < -0.3 is 20.4 Å². The minimum Gasteiger partial charge on any atom is -0.396 e. The zero-order chi connectivity index (χ0) is 11.0. The molecule has 6 heteroatoms. The number of aliphatic hydroxyl groups excluding tert-OH is 4. The number of fused-ring (bicyclic) bond motifs is 1. The Morgan fingerprint density at radius 2 is 2.00 bits per heavy atom. The third kappa shape index (κ3) is 1.92. The van der Waals surface area contributed by atoms with Crippen molar-refractivity contribution in [2.24, 2.45) is 10.9 Å². The topological polar surface area (TPSA) is 93.3 Å². The van der Waals surface area contributed by atoms with Crippen LogP contribution in [0.5, 0.6) is 0 Å². The molecule has 15 heavy (non-hydrogen) atoms. The fourth-order valence-electron chi connectivity index (χ4n) is 2.19. The Kier molecular flexibility index (Phi) is 3.32. The van der Waals surface area contributed by atoms with Gasteiger partial charge in [-0.05, 0) is 6.42 Å². The largest absolute Gasteiger partial charge is 0.396 e. The normalized spacial score (nSPS) is 45.1. The Morgan fingerprint density at radius 1 is 1.27 bits per heavy atom. The third-order valence-electron chi connectivity index (χ3n) is 3.05. The van der Waals surface area contributed by atoms with Gasteiger partial charge in [0.2, 0.25) is 0 Å². The molecule has 0 spiro atoms. The molecule has 0 radical (unpaired) electrons. The molecule has 1 heterocycles. The molecule has 0 amide bonds. The van der Waals surface area contributed by atoms with Crippen LogP contribution in [0.3, 0.4) is 0 Å². The average molecular weight is 233 g/mol. The minimum absolute atomic E-state index is 0.0719. The molecule has 86 valence electrons. The lowest BCUT2D eigenvalue weighted by Crippen LogP contribution is -2.51. The second kappa shape index (κ2) is 4.39. The lowest BCUT2D eigenvalue weighted by molar-refractivity contribution is -0.0646. The van der Waals surface area contributed by atoms with Crippen LogP contribution in [-0.4, -0.2) is 62.2 Å². The predicted molar refractivity (Wildman–Crippen MR) is 56.9 cm³/mol. The van der Waals surface area contributed by atoms with Crippen LogP contribution in [0, 0.1) is 5.92 Å². The van der Waals surface area contributed by atoms with E-state index in [9.17, 15) is 10.2 Å². The summed E-state index contributed by atoms with van der Waals surface area (Å²) in [6.45, 7) is -0.249. The molecule has 5 atom stereocenters. The smallest absolute Gasteiger partial charge is 0.104 e. The molecule has 0 aromatic rings. The zero-order valence-electron chi connectivity index (χ0n) is 8.15. The van der Waals surface area contributed by atoms with Crippen molar-refractivity contribution < 1.29 is 20.4 Å². The fourth-order valence-corrected chi connectivity index (χ4v) is 3.50. The van der Waals surface area contributed by atoms with Crippen molar-refractivity contribution >= 4 is 16.8 Å². The van der Waals surface area contributed by atoms with Crippen LogP contribution in [0.15, 0.2) is 4.99 Å². The predicted octanol–water partition coefficient (Wildman–Crippen LogP) is -1.40. The molecule has 1 fully saturated rings. The van der Waals surface area contributed by atoms with Crippen LogP contribution in [-0.2, 0) is 0 Å². The molecular weight excluding hydrogens is 218 g/mol. The molecule has 1 aliphatic carbocycles. The van der Waals surface area contributed by atoms with Crippen molar-refractivity contribution in [3.05, 3.63) is 0 Å². The molecule has 1 saturated carbocycles. The minimum atomic E-state index is -0.933. The molecule has 0 saturated heterocycles. The van der Waals surface area contributed by atoms with Gasteiger partial charge in [0.25, 0.3) is 0 Å². The van der Waals surface area contributed by atoms with Crippen LogP contribution in [0.2, 0.25) is 0 Å². The molecule has 1 aliphatic heterocycles. The first-order chi connectivity index (χ1) is 7.17. The fraction of sp³-hybridized carbons (Fsp3) is 0.889. The summed E-state index contributed by atoms with van der Waals surface area (Å²) >= 11 is 1.44. The van der Waals surface area contributed by atoms with E-state index < -0.39 is 12.2 Å². The van der Waals surface area contributed by atoms with Crippen LogP contribution in [0.1, 0.15) is 6.42 Å². The van der Waals surface area contributed by atoms with Crippen molar-refractivity contribution in [3.8, 4) is 0 Å². The summed E-state index contributed by atoms with van der Waals surface area (Å²) in [6, 6.07) is -0.338. The highest BCUT2D eigenvalue weighted by Gasteiger charge is 2.46. The molecule has 2 aliphatic rings. The van der Waals surface area contributed by atoms with Gasteiger partial charge in [-0.2, -0.15) is 0 Å². The van der Waals surface area contributed by atoms with Crippen LogP contribution < -0.4 is 0 Å². The van der Waals surface area contributed by atoms with E-state index >= 15 is 0 Å². The highest BCUT2D eigenvalue weighted by atomic mass is 32.2. The highest BCUT2D eigenvalue weighted by molar-refractivity contribution is 8.14. The van der Waals surface area contributed by atoms with Crippen molar-refractivity contribution in [1.82, 2.24) is 0 Å². The van der Waals surface area contributed by atoms with Crippen LogP contribution in [0.25, 0.3) is 0 Å². The summed E-state index contributed by atoms with van der Waals surface area (Å²) in [4.78, 5) is 4.17. The molecular formula is C9H15NO4S. The van der Waals surface area contributed by atoms with Gasteiger partial charge in [0, 0.05) is 17.8 Å². The van der Waals surface area contributed by atoms with Crippen molar-refractivity contribution in [1.29, 1.82) is 0 Å². The summed E-state index contributed by atoms with van der Waals surface area (Å²) in [6.07, 6.45) is -1.23. The monoisotopic (exact) mass is 233 g/mol. The van der Waals surface area contributed by atoms with Gasteiger partial charge in [0.1, 0.15) is 6.10 Å². The van der Waals surface area contributed by atoms with Crippen LogP contribution in [0.4, 0.5) is 0 Å². The average Bonchev–Trinajstić information content (AvgIpc) is 2.66. The van der Waals surface area contributed by atoms with Gasteiger partial charge in [0.05, 0.1) is 23.8 Å². The Morgan fingerprint density at radius 3 is 2.60 bits per heavy atom. The summed E-state index contributed by atoms with van der Waals surface area (Å²) in [5.41, 5.74) is 0. The first kappa shape index (κ1) is 11.3. The van der Waals surface area contributed by atoms with Gasteiger partial charge in [-0.15, -0.1) is 11.8 Å². The molecule has 0 unspecified atom stereocenters. The number of hydrogen-bond acceptors (Lipinski definition) is 6. The molecule has 0 aromatic heterocycles. The maximum Gasteiger partial charge on any atom is 0.104 e. The van der Waals surface area contributed by atoms with E-state index in [0.29, 0.717) is 11.5 Å². The first-order valence-electron chi connectivity index (χ1n) is 4.98. The Bertz CT molecular complexity index is 273. The summed E-state index contributed by atoms with van der Waals surface area (Å²) in [7, 11) is 0. The molecule has 2 rings (SSSR count). The van der Waals surface area contributed by atoms with E-state index in [1.54, 1.807) is 0 Å². The third-order valence-corrected chi connectivity index (χ3v) is 4.33. The van der Waals surface area contributed by atoms with Crippen molar-refractivity contribution in [3.63, 3.8) is 0 Å². The van der Waals surface area contributed by atoms with E-state index in [1.807, 2.05) is 0 Å². The van der Waals surface area contributed by atoms with Crippen molar-refractivity contribution in [2.75, 3.05) is 13.2 Å². The van der Waals surface area contributed by atoms with E-state index in [1.165, 1.54) is 11.8 Å². The van der Waals surface area contributed by atoms with E-state index in [2.05, 4.69) is 4.99 Å². The number of nitrogens with zero attached hydrogens (tertiary/aromatic N) is 1. The Hall–Kier alpha value is -0.140. The summed E-state index contributed by atoms with van der Waals surface area (Å²) in [5, 5.41) is 38.2. The maximum atomic E-state index is 9.80.